The van der Waals surface area contributed by atoms with Crippen LogP contribution >= 0.6 is 0 Å². The van der Waals surface area contributed by atoms with Crippen molar-refractivity contribution in [1.82, 2.24) is 0 Å². The maximum absolute atomic E-state index is 13.3. The summed E-state index contributed by atoms with van der Waals surface area (Å²) in [5, 5.41) is 0. The van der Waals surface area contributed by atoms with Crippen LogP contribution in [0.2, 0.25) is 0 Å². The van der Waals surface area contributed by atoms with Gasteiger partial charge in [-0.05, 0) is 19.1 Å². The van der Waals surface area contributed by atoms with Gasteiger partial charge in [-0.15, -0.1) is 0 Å². The van der Waals surface area contributed by atoms with Gasteiger partial charge in [-0.1, -0.05) is 13.0 Å². The summed E-state index contributed by atoms with van der Waals surface area (Å²) in [6, 6.07) is 3.44. The van der Waals surface area contributed by atoms with Crippen LogP contribution in [0.1, 0.15) is 30.6 Å². The Kier molecular flexibility index (Phi) is 3.88. The minimum absolute atomic E-state index is 0.0365. The lowest BCUT2D eigenvalue weighted by atomic mass is 9.94. The minimum Gasteiger partial charge on any atom is -0.300 e. The topological polar surface area (TPSA) is 34.1 Å². The summed E-state index contributed by atoms with van der Waals surface area (Å²) >= 11 is 0. The molecule has 4 heteroatoms. The standard InChI is InChI=1S/C12H12F2O2/c1-7(6-8(2)15)12(16)9-4-3-5-10(13)11(9)14/h3-5,7H,6H2,1-2H3. The van der Waals surface area contributed by atoms with Crippen molar-refractivity contribution in [3.8, 4) is 0 Å². The van der Waals surface area contributed by atoms with E-state index in [2.05, 4.69) is 0 Å². The van der Waals surface area contributed by atoms with E-state index in [1.54, 1.807) is 0 Å². The zero-order valence-corrected chi connectivity index (χ0v) is 9.09. The molecule has 0 saturated heterocycles. The molecule has 0 fully saturated rings. The number of rotatable bonds is 4. The van der Waals surface area contributed by atoms with E-state index in [0.717, 1.165) is 6.07 Å². The summed E-state index contributed by atoms with van der Waals surface area (Å²) in [6.45, 7) is 2.87. The predicted octanol–water partition coefficient (Wildman–Crippen LogP) is 2.76. The van der Waals surface area contributed by atoms with Crippen LogP contribution in [0, 0.1) is 17.6 Å². The summed E-state index contributed by atoms with van der Waals surface area (Å²) in [5.74, 6) is -3.54. The van der Waals surface area contributed by atoms with Crippen LogP contribution in [0.25, 0.3) is 0 Å². The Morgan fingerprint density at radius 3 is 2.50 bits per heavy atom. The second-order valence-corrected chi connectivity index (χ2v) is 3.77. The number of ketones is 2. The molecular formula is C12H12F2O2. The number of Topliss-reactive ketones (excluding diaryl/α,β-unsaturated/α-hetero) is 2. The number of carbonyl (C=O) groups excluding carboxylic acids is 2. The molecule has 1 aromatic carbocycles. The van der Waals surface area contributed by atoms with Crippen LogP contribution in [0.15, 0.2) is 18.2 Å². The molecule has 1 rings (SSSR count). The Balaban J connectivity index is 2.96. The van der Waals surface area contributed by atoms with Crippen molar-refractivity contribution in [1.29, 1.82) is 0 Å². The van der Waals surface area contributed by atoms with Gasteiger partial charge in [-0.25, -0.2) is 8.78 Å². The zero-order valence-electron chi connectivity index (χ0n) is 9.09. The first-order valence-corrected chi connectivity index (χ1v) is 4.91. The highest BCUT2D eigenvalue weighted by Crippen LogP contribution is 2.17. The molecule has 0 aliphatic carbocycles. The maximum atomic E-state index is 13.3. The third kappa shape index (κ3) is 2.72. The molecular weight excluding hydrogens is 214 g/mol. The van der Waals surface area contributed by atoms with Gasteiger partial charge in [0.2, 0.25) is 0 Å². The van der Waals surface area contributed by atoms with E-state index in [1.807, 2.05) is 0 Å². The molecule has 0 saturated carbocycles. The summed E-state index contributed by atoms with van der Waals surface area (Å²) in [7, 11) is 0. The van der Waals surface area contributed by atoms with E-state index in [4.69, 9.17) is 0 Å². The lowest BCUT2D eigenvalue weighted by Crippen LogP contribution is -2.16. The second-order valence-electron chi connectivity index (χ2n) is 3.77. The molecule has 16 heavy (non-hydrogen) atoms. The van der Waals surface area contributed by atoms with Gasteiger partial charge in [0.05, 0.1) is 5.56 Å². The minimum atomic E-state index is -1.15. The van der Waals surface area contributed by atoms with Crippen LogP contribution < -0.4 is 0 Å². The molecule has 0 N–H and O–H groups in total. The predicted molar refractivity (Wildman–Crippen MR) is 55.2 cm³/mol. The van der Waals surface area contributed by atoms with Crippen LogP contribution in [-0.4, -0.2) is 11.6 Å². The summed E-state index contributed by atoms with van der Waals surface area (Å²) in [4.78, 5) is 22.5. The first kappa shape index (κ1) is 12.5. The van der Waals surface area contributed by atoms with E-state index in [1.165, 1.54) is 26.0 Å². The number of halogens is 2. The average Bonchev–Trinajstić information content (AvgIpc) is 2.20. The number of hydrogen-bond acceptors (Lipinski definition) is 2. The first-order chi connectivity index (χ1) is 7.43. The highest BCUT2D eigenvalue weighted by atomic mass is 19.2. The Morgan fingerprint density at radius 1 is 1.31 bits per heavy atom. The van der Waals surface area contributed by atoms with Crippen molar-refractivity contribution in [3.05, 3.63) is 35.4 Å². The number of hydrogen-bond donors (Lipinski definition) is 0. The molecule has 0 heterocycles. The average molecular weight is 226 g/mol. The van der Waals surface area contributed by atoms with Crippen LogP contribution in [0.5, 0.6) is 0 Å². The summed E-state index contributed by atoms with van der Waals surface area (Å²) in [6.07, 6.45) is 0.0365. The van der Waals surface area contributed by atoms with Crippen molar-refractivity contribution in [2.45, 2.75) is 20.3 Å². The highest BCUT2D eigenvalue weighted by molar-refractivity contribution is 5.99. The van der Waals surface area contributed by atoms with Crippen LogP contribution in [0.3, 0.4) is 0 Å². The Morgan fingerprint density at radius 2 is 1.94 bits per heavy atom. The SMILES string of the molecule is CC(=O)CC(C)C(=O)c1cccc(F)c1F. The van der Waals surface area contributed by atoms with Gasteiger partial charge in [-0.3, -0.25) is 4.79 Å². The highest BCUT2D eigenvalue weighted by Gasteiger charge is 2.21. The largest absolute Gasteiger partial charge is 0.300 e. The molecule has 0 aliphatic rings. The van der Waals surface area contributed by atoms with Crippen molar-refractivity contribution in [2.24, 2.45) is 5.92 Å². The molecule has 86 valence electrons. The number of carbonyl (C=O) groups is 2. The molecule has 1 aromatic rings. The third-order valence-corrected chi connectivity index (χ3v) is 2.26. The third-order valence-electron chi connectivity index (χ3n) is 2.26. The van der Waals surface area contributed by atoms with Crippen LogP contribution in [-0.2, 0) is 4.79 Å². The molecule has 0 radical (unpaired) electrons. The van der Waals surface area contributed by atoms with E-state index in [9.17, 15) is 18.4 Å². The monoisotopic (exact) mass is 226 g/mol. The Labute approximate surface area is 92.3 Å². The van der Waals surface area contributed by atoms with E-state index < -0.39 is 23.3 Å². The van der Waals surface area contributed by atoms with E-state index in [-0.39, 0.29) is 17.8 Å². The normalized spacial score (nSPS) is 12.2. The molecule has 2 nitrogen and oxygen atoms in total. The van der Waals surface area contributed by atoms with Gasteiger partial charge < -0.3 is 4.79 Å². The zero-order chi connectivity index (χ0) is 12.3. The quantitative estimate of drug-likeness (QED) is 0.740. The fourth-order valence-corrected chi connectivity index (χ4v) is 1.48. The van der Waals surface area contributed by atoms with Crippen LogP contribution in [0.4, 0.5) is 8.78 Å². The maximum Gasteiger partial charge on any atom is 0.169 e. The van der Waals surface area contributed by atoms with Gasteiger partial charge in [-0.2, -0.15) is 0 Å². The fraction of sp³-hybridized carbons (Fsp3) is 0.333. The van der Waals surface area contributed by atoms with Gasteiger partial charge in [0.25, 0.3) is 0 Å². The molecule has 0 aromatic heterocycles. The Hall–Kier alpha value is -1.58. The molecule has 0 bridgehead atoms. The second kappa shape index (κ2) is 4.96. The summed E-state index contributed by atoms with van der Waals surface area (Å²) in [5.41, 5.74) is -0.297. The number of benzene rings is 1. The lowest BCUT2D eigenvalue weighted by molar-refractivity contribution is -0.117. The fourth-order valence-electron chi connectivity index (χ4n) is 1.48. The molecule has 1 atom stereocenters. The smallest absolute Gasteiger partial charge is 0.169 e. The molecule has 0 aliphatic heterocycles. The van der Waals surface area contributed by atoms with Gasteiger partial charge in [0.15, 0.2) is 17.4 Å². The van der Waals surface area contributed by atoms with Gasteiger partial charge in [0, 0.05) is 12.3 Å². The molecule has 0 spiro atoms. The lowest BCUT2D eigenvalue weighted by Gasteiger charge is -2.09. The van der Waals surface area contributed by atoms with Crippen molar-refractivity contribution < 1.29 is 18.4 Å². The van der Waals surface area contributed by atoms with Gasteiger partial charge in [0.1, 0.15) is 5.78 Å². The van der Waals surface area contributed by atoms with E-state index in [0.29, 0.717) is 0 Å². The molecule has 1 unspecified atom stereocenters. The van der Waals surface area contributed by atoms with Gasteiger partial charge >= 0.3 is 0 Å². The summed E-state index contributed by atoms with van der Waals surface area (Å²) < 4.78 is 26.1. The Bertz CT molecular complexity index is 427. The van der Waals surface area contributed by atoms with Crippen molar-refractivity contribution in [2.75, 3.05) is 0 Å². The molecule has 0 amide bonds. The van der Waals surface area contributed by atoms with E-state index >= 15 is 0 Å². The van der Waals surface area contributed by atoms with Crippen molar-refractivity contribution >= 4 is 11.6 Å². The van der Waals surface area contributed by atoms with Crippen molar-refractivity contribution in [3.63, 3.8) is 0 Å². The first-order valence-electron chi connectivity index (χ1n) is 4.91.